The Morgan fingerprint density at radius 1 is 1.37 bits per heavy atom. The predicted molar refractivity (Wildman–Crippen MR) is 70.3 cm³/mol. The molecule has 0 aliphatic carbocycles. The molecule has 1 atom stereocenters. The van der Waals surface area contributed by atoms with Crippen LogP contribution in [0.3, 0.4) is 0 Å². The molecule has 0 radical (unpaired) electrons. The van der Waals surface area contributed by atoms with Gasteiger partial charge in [-0.1, -0.05) is 15.9 Å². The maximum absolute atomic E-state index is 12.8. The van der Waals surface area contributed by atoms with Gasteiger partial charge in [0.1, 0.15) is 5.75 Å². The predicted octanol–water partition coefficient (Wildman–Crippen LogP) is 4.08. The first-order chi connectivity index (χ1) is 8.78. The number of halogens is 4. The van der Waals surface area contributed by atoms with Gasteiger partial charge in [0, 0.05) is 15.6 Å². The molecular weight excluding hydrogens is 323 g/mol. The molecule has 6 heteroatoms. The Labute approximate surface area is 118 Å². The summed E-state index contributed by atoms with van der Waals surface area (Å²) >= 11 is 3.26. The molecule has 1 heterocycles. The molecule has 0 spiro atoms. The van der Waals surface area contributed by atoms with E-state index >= 15 is 0 Å². The van der Waals surface area contributed by atoms with Gasteiger partial charge in [-0.25, -0.2) is 0 Å². The van der Waals surface area contributed by atoms with E-state index in [4.69, 9.17) is 4.74 Å². The fraction of sp³-hybridized carbons (Fsp3) is 0.538. The van der Waals surface area contributed by atoms with Crippen LogP contribution in [0, 0.1) is 0 Å². The number of ether oxygens (including phenoxy) is 1. The fourth-order valence-electron chi connectivity index (χ4n) is 2.55. The number of nitrogens with one attached hydrogen (secondary N) is 1. The van der Waals surface area contributed by atoms with E-state index in [-0.39, 0.29) is 11.3 Å². The molecule has 0 bridgehead atoms. The molecule has 0 amide bonds. The van der Waals surface area contributed by atoms with E-state index in [0.29, 0.717) is 4.47 Å². The van der Waals surface area contributed by atoms with Crippen LogP contribution in [0.15, 0.2) is 16.6 Å². The van der Waals surface area contributed by atoms with Crippen molar-refractivity contribution in [2.24, 2.45) is 0 Å². The first kappa shape index (κ1) is 14.7. The van der Waals surface area contributed by atoms with Gasteiger partial charge in [0.2, 0.25) is 0 Å². The highest BCUT2D eigenvalue weighted by molar-refractivity contribution is 9.10. The molecular formula is C13H15BrF3NO. The molecule has 1 aromatic rings. The minimum absolute atomic E-state index is 0.263. The van der Waals surface area contributed by atoms with Crippen molar-refractivity contribution in [1.82, 2.24) is 5.32 Å². The topological polar surface area (TPSA) is 21.3 Å². The first-order valence-corrected chi connectivity index (χ1v) is 6.77. The highest BCUT2D eigenvalue weighted by Crippen LogP contribution is 2.44. The Kier molecular flexibility index (Phi) is 3.84. The summed E-state index contributed by atoms with van der Waals surface area (Å²) in [6.07, 6.45) is -2.52. The number of benzene rings is 1. The Balaban J connectivity index is 2.56. The maximum atomic E-state index is 12.8. The van der Waals surface area contributed by atoms with Gasteiger partial charge >= 0.3 is 6.18 Å². The summed E-state index contributed by atoms with van der Waals surface area (Å²) in [5.41, 5.74) is -0.309. The molecule has 1 aromatic carbocycles. The minimum atomic E-state index is -4.38. The normalized spacial score (nSPS) is 23.7. The Morgan fingerprint density at radius 2 is 2.05 bits per heavy atom. The van der Waals surface area contributed by atoms with E-state index in [1.165, 1.54) is 7.11 Å². The fourth-order valence-corrected chi connectivity index (χ4v) is 3.43. The SMILES string of the molecule is COc1cc(C(F)(F)F)cc(Br)c1C1(C)CCCN1. The molecule has 1 unspecified atom stereocenters. The summed E-state index contributed by atoms with van der Waals surface area (Å²) in [5, 5.41) is 3.33. The molecule has 1 aliphatic heterocycles. The molecule has 1 fully saturated rings. The van der Waals surface area contributed by atoms with E-state index in [1.54, 1.807) is 0 Å². The van der Waals surface area contributed by atoms with Crippen molar-refractivity contribution in [3.05, 3.63) is 27.7 Å². The number of methoxy groups -OCH3 is 1. The van der Waals surface area contributed by atoms with E-state index in [1.807, 2.05) is 6.92 Å². The summed E-state index contributed by atoms with van der Waals surface area (Å²) in [4.78, 5) is 0. The van der Waals surface area contributed by atoms with Gasteiger partial charge in [-0.2, -0.15) is 13.2 Å². The minimum Gasteiger partial charge on any atom is -0.496 e. The zero-order valence-corrected chi connectivity index (χ0v) is 12.3. The largest absolute Gasteiger partial charge is 0.496 e. The molecule has 0 saturated carbocycles. The first-order valence-electron chi connectivity index (χ1n) is 5.98. The van der Waals surface area contributed by atoms with Gasteiger partial charge in [0.15, 0.2) is 0 Å². The average molecular weight is 338 g/mol. The molecule has 1 N–H and O–H groups in total. The quantitative estimate of drug-likeness (QED) is 0.878. The van der Waals surface area contributed by atoms with Crippen LogP contribution in [0.5, 0.6) is 5.75 Å². The van der Waals surface area contributed by atoms with Crippen molar-refractivity contribution in [3.63, 3.8) is 0 Å². The van der Waals surface area contributed by atoms with Crippen LogP contribution in [-0.2, 0) is 11.7 Å². The van der Waals surface area contributed by atoms with Crippen LogP contribution in [0.4, 0.5) is 13.2 Å². The molecule has 19 heavy (non-hydrogen) atoms. The van der Waals surface area contributed by atoms with Crippen molar-refractivity contribution in [2.45, 2.75) is 31.5 Å². The summed E-state index contributed by atoms with van der Waals surface area (Å²) in [5.74, 6) is 0.263. The third-order valence-electron chi connectivity index (χ3n) is 3.52. The second kappa shape index (κ2) is 4.98. The van der Waals surface area contributed by atoms with Crippen molar-refractivity contribution in [3.8, 4) is 5.75 Å². The van der Waals surface area contributed by atoms with E-state index in [0.717, 1.165) is 37.1 Å². The average Bonchev–Trinajstić information content (AvgIpc) is 2.74. The van der Waals surface area contributed by atoms with Crippen molar-refractivity contribution in [2.75, 3.05) is 13.7 Å². The van der Waals surface area contributed by atoms with Crippen molar-refractivity contribution < 1.29 is 17.9 Å². The standard InChI is InChI=1S/C13H15BrF3NO/c1-12(4-3-5-18-12)11-9(14)6-8(13(15,16)17)7-10(11)19-2/h6-7,18H,3-5H2,1-2H3. The lowest BCUT2D eigenvalue weighted by atomic mass is 9.89. The van der Waals surface area contributed by atoms with Crippen LogP contribution < -0.4 is 10.1 Å². The lowest BCUT2D eigenvalue weighted by Gasteiger charge is -2.29. The molecule has 0 aromatic heterocycles. The molecule has 106 valence electrons. The smallest absolute Gasteiger partial charge is 0.416 e. The van der Waals surface area contributed by atoms with E-state index in [2.05, 4.69) is 21.2 Å². The van der Waals surface area contributed by atoms with Gasteiger partial charge in [-0.3, -0.25) is 0 Å². The van der Waals surface area contributed by atoms with Gasteiger partial charge in [0.05, 0.1) is 12.7 Å². The number of hydrogen-bond donors (Lipinski definition) is 1. The van der Waals surface area contributed by atoms with E-state index < -0.39 is 11.7 Å². The third-order valence-corrected chi connectivity index (χ3v) is 4.15. The lowest BCUT2D eigenvalue weighted by molar-refractivity contribution is -0.137. The maximum Gasteiger partial charge on any atom is 0.416 e. The number of hydrogen-bond acceptors (Lipinski definition) is 2. The van der Waals surface area contributed by atoms with Crippen LogP contribution in [-0.4, -0.2) is 13.7 Å². The van der Waals surface area contributed by atoms with Crippen molar-refractivity contribution >= 4 is 15.9 Å². The van der Waals surface area contributed by atoms with E-state index in [9.17, 15) is 13.2 Å². The highest BCUT2D eigenvalue weighted by atomic mass is 79.9. The zero-order chi connectivity index (χ0) is 14.3. The number of alkyl halides is 3. The Bertz CT molecular complexity index is 482. The van der Waals surface area contributed by atoms with Crippen LogP contribution >= 0.6 is 15.9 Å². The zero-order valence-electron chi connectivity index (χ0n) is 10.7. The van der Waals surface area contributed by atoms with Crippen LogP contribution in [0.1, 0.15) is 30.9 Å². The Morgan fingerprint density at radius 3 is 2.53 bits per heavy atom. The second-order valence-electron chi connectivity index (χ2n) is 4.90. The molecule has 2 nitrogen and oxygen atoms in total. The third kappa shape index (κ3) is 2.74. The summed E-state index contributed by atoms with van der Waals surface area (Å²) in [6, 6.07) is 2.18. The molecule has 1 aliphatic rings. The summed E-state index contributed by atoms with van der Waals surface area (Å²) < 4.78 is 44.0. The van der Waals surface area contributed by atoms with Gasteiger partial charge in [-0.15, -0.1) is 0 Å². The Hall–Kier alpha value is -0.750. The number of rotatable bonds is 2. The van der Waals surface area contributed by atoms with Gasteiger partial charge in [-0.05, 0) is 38.4 Å². The summed E-state index contributed by atoms with van der Waals surface area (Å²) in [7, 11) is 1.39. The van der Waals surface area contributed by atoms with Crippen molar-refractivity contribution in [1.29, 1.82) is 0 Å². The highest BCUT2D eigenvalue weighted by Gasteiger charge is 2.38. The van der Waals surface area contributed by atoms with Crippen LogP contribution in [0.2, 0.25) is 0 Å². The monoisotopic (exact) mass is 337 g/mol. The van der Waals surface area contributed by atoms with Gasteiger partial charge < -0.3 is 10.1 Å². The second-order valence-corrected chi connectivity index (χ2v) is 5.75. The summed E-state index contributed by atoms with van der Waals surface area (Å²) in [6.45, 7) is 2.84. The molecule has 1 saturated heterocycles. The van der Waals surface area contributed by atoms with Gasteiger partial charge in [0.25, 0.3) is 0 Å². The lowest BCUT2D eigenvalue weighted by Crippen LogP contribution is -2.34. The van der Waals surface area contributed by atoms with Crippen LogP contribution in [0.25, 0.3) is 0 Å². The molecule has 2 rings (SSSR count).